The molecule has 31 heavy (non-hydrogen) atoms. The van der Waals surface area contributed by atoms with Crippen LogP contribution < -0.4 is 10.9 Å². The number of amides is 1. The zero-order chi connectivity index (χ0) is 22.0. The molecule has 156 valence electrons. The van der Waals surface area contributed by atoms with E-state index < -0.39 is 17.5 Å². The minimum atomic E-state index is -0.874. The highest BCUT2D eigenvalue weighted by Crippen LogP contribution is 2.31. The molecule has 4 rings (SSSR count). The third kappa shape index (κ3) is 4.54. The highest BCUT2D eigenvalue weighted by molar-refractivity contribution is 9.10. The molecule has 1 heterocycles. The van der Waals surface area contributed by atoms with Crippen LogP contribution in [0.3, 0.4) is 0 Å². The van der Waals surface area contributed by atoms with Gasteiger partial charge >= 0.3 is 0 Å². The van der Waals surface area contributed by atoms with Crippen molar-refractivity contribution in [1.82, 2.24) is 9.55 Å². The van der Waals surface area contributed by atoms with Crippen LogP contribution in [0, 0.1) is 11.6 Å². The van der Waals surface area contributed by atoms with E-state index >= 15 is 0 Å². The number of nitrogens with zero attached hydrogens (tertiary/aromatic N) is 2. The summed E-state index contributed by atoms with van der Waals surface area (Å²) in [5.41, 5.74) is 0.968. The molecule has 1 N–H and O–H groups in total. The number of hydrogen-bond acceptors (Lipinski definition) is 3. The van der Waals surface area contributed by atoms with Gasteiger partial charge in [-0.05, 0) is 29.8 Å². The molecule has 0 radical (unpaired) electrons. The highest BCUT2D eigenvalue weighted by atomic mass is 79.9. The molecule has 1 amide bonds. The van der Waals surface area contributed by atoms with Gasteiger partial charge in [-0.2, -0.15) is 0 Å². The smallest absolute Gasteiger partial charge is 0.261 e. The van der Waals surface area contributed by atoms with Gasteiger partial charge in [0.2, 0.25) is 5.91 Å². The monoisotopic (exact) mass is 483 g/mol. The number of carbonyl (C=O) groups excluding carboxylic acids is 1. The summed E-state index contributed by atoms with van der Waals surface area (Å²) in [7, 11) is 0. The van der Waals surface area contributed by atoms with Gasteiger partial charge in [0.25, 0.3) is 5.56 Å². The Balaban J connectivity index is 1.56. The molecule has 0 fully saturated rings. The van der Waals surface area contributed by atoms with Crippen LogP contribution in [0.25, 0.3) is 22.0 Å². The Labute approximate surface area is 184 Å². The lowest BCUT2D eigenvalue weighted by Gasteiger charge is -2.13. The van der Waals surface area contributed by atoms with Crippen molar-refractivity contribution >= 4 is 38.4 Å². The molecule has 0 aliphatic rings. The molecule has 0 aliphatic heterocycles. The number of aromatic nitrogens is 2. The second kappa shape index (κ2) is 8.77. The molecule has 0 aliphatic carbocycles. The van der Waals surface area contributed by atoms with Crippen LogP contribution in [0.2, 0.25) is 0 Å². The zero-order valence-corrected chi connectivity index (χ0v) is 17.7. The Bertz CT molecular complexity index is 1340. The summed E-state index contributed by atoms with van der Waals surface area (Å²) in [6, 6.07) is 15.7. The minimum absolute atomic E-state index is 0.0591. The lowest BCUT2D eigenvalue weighted by atomic mass is 10.0. The average molecular weight is 484 g/mol. The summed E-state index contributed by atoms with van der Waals surface area (Å²) in [6.45, 7) is 0.0591. The Morgan fingerprint density at radius 2 is 1.84 bits per heavy atom. The Morgan fingerprint density at radius 3 is 2.61 bits per heavy atom. The van der Waals surface area contributed by atoms with Gasteiger partial charge < -0.3 is 5.32 Å². The van der Waals surface area contributed by atoms with Crippen molar-refractivity contribution in [3.8, 4) is 11.1 Å². The molecule has 0 saturated heterocycles. The molecule has 3 aromatic carbocycles. The molecule has 8 heteroatoms. The quantitative estimate of drug-likeness (QED) is 0.427. The van der Waals surface area contributed by atoms with Gasteiger partial charge in [-0.1, -0.05) is 46.3 Å². The number of halogens is 3. The normalized spacial score (nSPS) is 10.9. The molecule has 0 saturated carbocycles. The fourth-order valence-corrected chi connectivity index (χ4v) is 3.62. The van der Waals surface area contributed by atoms with Crippen molar-refractivity contribution < 1.29 is 13.6 Å². The molecular formula is C23H16BrF2N3O2. The van der Waals surface area contributed by atoms with Crippen LogP contribution in [0.4, 0.5) is 14.5 Å². The molecule has 0 unspecified atom stereocenters. The van der Waals surface area contributed by atoms with E-state index in [2.05, 4.69) is 26.2 Å². The summed E-state index contributed by atoms with van der Waals surface area (Å²) in [6.07, 6.45) is 1.28. The number of nitrogens with one attached hydrogen (secondary N) is 1. The predicted octanol–water partition coefficient (Wildman–Crippen LogP) is 5.13. The van der Waals surface area contributed by atoms with Gasteiger partial charge in [-0.25, -0.2) is 13.8 Å². The van der Waals surface area contributed by atoms with Crippen LogP contribution in [0.5, 0.6) is 0 Å². The van der Waals surface area contributed by atoms with Crippen molar-refractivity contribution in [2.24, 2.45) is 0 Å². The summed E-state index contributed by atoms with van der Waals surface area (Å²) in [4.78, 5) is 29.4. The molecule has 4 aromatic rings. The van der Waals surface area contributed by atoms with Crippen molar-refractivity contribution in [3.63, 3.8) is 0 Å². The molecule has 1 aromatic heterocycles. The maximum atomic E-state index is 14.5. The Kier molecular flexibility index (Phi) is 5.90. The SMILES string of the molecule is O=C(CCn1cnc2ccc(Br)cc2c1=O)Nc1c(F)cc(F)cc1-c1ccccc1. The van der Waals surface area contributed by atoms with E-state index in [9.17, 15) is 18.4 Å². The summed E-state index contributed by atoms with van der Waals surface area (Å²) >= 11 is 3.33. The van der Waals surface area contributed by atoms with Gasteiger partial charge in [-0.3, -0.25) is 14.2 Å². The molecule has 0 atom stereocenters. The lowest BCUT2D eigenvalue weighted by molar-refractivity contribution is -0.116. The van der Waals surface area contributed by atoms with Crippen molar-refractivity contribution in [1.29, 1.82) is 0 Å². The predicted molar refractivity (Wildman–Crippen MR) is 119 cm³/mol. The molecule has 5 nitrogen and oxygen atoms in total. The van der Waals surface area contributed by atoms with Gasteiger partial charge in [0.15, 0.2) is 0 Å². The van der Waals surface area contributed by atoms with Crippen molar-refractivity contribution in [2.75, 3.05) is 5.32 Å². The van der Waals surface area contributed by atoms with E-state index in [1.807, 2.05) is 0 Å². The fraction of sp³-hybridized carbons (Fsp3) is 0.0870. The van der Waals surface area contributed by atoms with E-state index in [-0.39, 0.29) is 29.8 Å². The third-order valence-corrected chi connectivity index (χ3v) is 5.26. The van der Waals surface area contributed by atoms with Gasteiger partial charge in [0, 0.05) is 29.1 Å². The maximum Gasteiger partial charge on any atom is 0.261 e. The topological polar surface area (TPSA) is 64.0 Å². The number of anilines is 1. The first-order valence-corrected chi connectivity index (χ1v) is 10.2. The van der Waals surface area contributed by atoms with Gasteiger partial charge in [0.1, 0.15) is 11.6 Å². The number of carbonyl (C=O) groups is 1. The number of aryl methyl sites for hydroxylation is 1. The highest BCUT2D eigenvalue weighted by Gasteiger charge is 2.16. The van der Waals surface area contributed by atoms with Crippen LogP contribution in [0.1, 0.15) is 6.42 Å². The van der Waals surface area contributed by atoms with Crippen molar-refractivity contribution in [2.45, 2.75) is 13.0 Å². The fourth-order valence-electron chi connectivity index (χ4n) is 3.26. The number of benzene rings is 3. The second-order valence-electron chi connectivity index (χ2n) is 6.88. The summed E-state index contributed by atoms with van der Waals surface area (Å²) < 4.78 is 30.3. The first-order chi connectivity index (χ1) is 14.9. The first-order valence-electron chi connectivity index (χ1n) is 9.41. The Morgan fingerprint density at radius 1 is 1.06 bits per heavy atom. The van der Waals surface area contributed by atoms with E-state index in [1.54, 1.807) is 48.5 Å². The maximum absolute atomic E-state index is 14.5. The van der Waals surface area contributed by atoms with E-state index in [1.165, 1.54) is 17.0 Å². The number of hydrogen-bond donors (Lipinski definition) is 1. The van der Waals surface area contributed by atoms with Crippen LogP contribution in [0.15, 0.2) is 76.3 Å². The van der Waals surface area contributed by atoms with Crippen molar-refractivity contribution in [3.05, 3.63) is 93.5 Å². The first kappa shape index (κ1) is 20.9. The lowest BCUT2D eigenvalue weighted by Crippen LogP contribution is -2.24. The number of fused-ring (bicyclic) bond motifs is 1. The van der Waals surface area contributed by atoms with Crippen LogP contribution >= 0.6 is 15.9 Å². The summed E-state index contributed by atoms with van der Waals surface area (Å²) in [5.74, 6) is -2.13. The average Bonchev–Trinajstić information content (AvgIpc) is 2.76. The molecular weight excluding hydrogens is 468 g/mol. The Hall–Kier alpha value is -3.39. The standard InChI is InChI=1S/C23H16BrF2N3O2/c24-15-6-7-20-18(10-15)23(31)29(13-27-20)9-8-21(30)28-22-17(11-16(25)12-19(22)26)14-4-2-1-3-5-14/h1-7,10-13H,8-9H2,(H,28,30). The second-order valence-corrected chi connectivity index (χ2v) is 7.79. The van der Waals surface area contributed by atoms with Crippen LogP contribution in [-0.4, -0.2) is 15.5 Å². The van der Waals surface area contributed by atoms with Gasteiger partial charge in [-0.15, -0.1) is 0 Å². The molecule has 0 spiro atoms. The van der Waals surface area contributed by atoms with Crippen LogP contribution in [-0.2, 0) is 11.3 Å². The third-order valence-electron chi connectivity index (χ3n) is 4.77. The number of rotatable bonds is 5. The van der Waals surface area contributed by atoms with E-state index in [0.717, 1.165) is 10.5 Å². The van der Waals surface area contributed by atoms with E-state index in [0.29, 0.717) is 16.5 Å². The summed E-state index contributed by atoms with van der Waals surface area (Å²) in [5, 5.41) is 2.94. The van der Waals surface area contributed by atoms with E-state index in [4.69, 9.17) is 0 Å². The zero-order valence-electron chi connectivity index (χ0n) is 16.1. The largest absolute Gasteiger partial charge is 0.323 e. The minimum Gasteiger partial charge on any atom is -0.323 e. The molecule has 0 bridgehead atoms. The van der Waals surface area contributed by atoms with Gasteiger partial charge in [0.05, 0.1) is 22.9 Å².